The van der Waals surface area contributed by atoms with E-state index in [1.165, 1.54) is 5.56 Å². The Labute approximate surface area is 139 Å². The van der Waals surface area contributed by atoms with Crippen molar-refractivity contribution in [3.05, 3.63) is 60.2 Å². The molecule has 0 aliphatic carbocycles. The van der Waals surface area contributed by atoms with E-state index in [-0.39, 0.29) is 0 Å². The van der Waals surface area contributed by atoms with Gasteiger partial charge in [-0.2, -0.15) is 10.2 Å². The minimum Gasteiger partial charge on any atom is -0.295 e. The average Bonchev–Trinajstić information content (AvgIpc) is 3.23. The fraction of sp³-hybridized carbons (Fsp3) is 0.333. The molecular weight excluding hydrogens is 314 g/mol. The monoisotopic (exact) mass is 331 g/mol. The van der Waals surface area contributed by atoms with Gasteiger partial charge in [0, 0.05) is 24.7 Å². The molecule has 0 spiro atoms. The zero-order valence-electron chi connectivity index (χ0n) is 12.7. The molecule has 0 unspecified atom stereocenters. The van der Waals surface area contributed by atoms with Crippen LogP contribution in [-0.4, -0.2) is 47.5 Å². The minimum absolute atomic E-state index is 0.759. The zero-order valence-corrected chi connectivity index (χ0v) is 13.4. The van der Waals surface area contributed by atoms with E-state index < -0.39 is 0 Å². The molecule has 120 valence electrons. The van der Waals surface area contributed by atoms with Crippen LogP contribution in [-0.2, 0) is 19.6 Å². The quantitative estimate of drug-likeness (QED) is 0.629. The molecule has 0 bridgehead atoms. The summed E-state index contributed by atoms with van der Waals surface area (Å²) in [6.45, 7) is 4.13. The van der Waals surface area contributed by atoms with Crippen LogP contribution < -0.4 is 0 Å². The summed E-state index contributed by atoms with van der Waals surface area (Å²) >= 11 is 6.08. The van der Waals surface area contributed by atoms with E-state index in [0.29, 0.717) is 0 Å². The first-order chi connectivity index (χ1) is 11.3. The molecule has 3 rings (SSSR count). The average molecular weight is 332 g/mol. The van der Waals surface area contributed by atoms with Crippen LogP contribution >= 0.6 is 11.6 Å². The molecule has 3 aromatic rings. The summed E-state index contributed by atoms with van der Waals surface area (Å²) in [4.78, 5) is 10.3. The van der Waals surface area contributed by atoms with Crippen molar-refractivity contribution in [3.63, 3.8) is 0 Å². The molecule has 2 heterocycles. The third-order valence-electron chi connectivity index (χ3n) is 3.52. The van der Waals surface area contributed by atoms with Crippen molar-refractivity contribution in [2.45, 2.75) is 19.6 Å². The van der Waals surface area contributed by atoms with Crippen LogP contribution in [0, 0.1) is 0 Å². The van der Waals surface area contributed by atoms with Gasteiger partial charge in [0.05, 0.1) is 13.1 Å². The van der Waals surface area contributed by atoms with Crippen molar-refractivity contribution in [3.8, 4) is 0 Å². The molecule has 0 fully saturated rings. The Morgan fingerprint density at radius 3 is 2.13 bits per heavy atom. The summed E-state index contributed by atoms with van der Waals surface area (Å²) in [6.07, 6.45) is 6.57. The highest BCUT2D eigenvalue weighted by molar-refractivity contribution is 6.30. The van der Waals surface area contributed by atoms with E-state index in [0.717, 1.165) is 37.7 Å². The SMILES string of the molecule is Clc1cccc(CN(CCn2cncn2)CCn2cncn2)c1. The molecule has 0 saturated heterocycles. The minimum atomic E-state index is 0.759. The summed E-state index contributed by atoms with van der Waals surface area (Å²) in [5.74, 6) is 0. The highest BCUT2D eigenvalue weighted by Crippen LogP contribution is 2.12. The summed E-state index contributed by atoms with van der Waals surface area (Å²) in [5, 5.41) is 9.06. The molecule has 23 heavy (non-hydrogen) atoms. The fourth-order valence-corrected chi connectivity index (χ4v) is 2.56. The normalized spacial score (nSPS) is 11.2. The smallest absolute Gasteiger partial charge is 0.137 e. The third-order valence-corrected chi connectivity index (χ3v) is 3.75. The van der Waals surface area contributed by atoms with Gasteiger partial charge in [0.15, 0.2) is 0 Å². The summed E-state index contributed by atoms with van der Waals surface area (Å²) in [5.41, 5.74) is 1.19. The van der Waals surface area contributed by atoms with Crippen molar-refractivity contribution in [2.75, 3.05) is 13.1 Å². The number of benzene rings is 1. The topological polar surface area (TPSA) is 64.7 Å². The maximum atomic E-state index is 6.08. The van der Waals surface area contributed by atoms with E-state index in [2.05, 4.69) is 31.1 Å². The first kappa shape index (κ1) is 15.6. The lowest BCUT2D eigenvalue weighted by molar-refractivity contribution is 0.237. The molecule has 2 aromatic heterocycles. The van der Waals surface area contributed by atoms with Crippen molar-refractivity contribution in [1.82, 2.24) is 34.4 Å². The van der Waals surface area contributed by atoms with Crippen LogP contribution in [0.3, 0.4) is 0 Å². The van der Waals surface area contributed by atoms with Crippen LogP contribution in [0.25, 0.3) is 0 Å². The van der Waals surface area contributed by atoms with E-state index in [1.807, 2.05) is 27.6 Å². The number of nitrogens with zero attached hydrogens (tertiary/aromatic N) is 7. The zero-order chi connectivity index (χ0) is 15.9. The molecule has 0 radical (unpaired) electrons. The van der Waals surface area contributed by atoms with Gasteiger partial charge in [0.1, 0.15) is 25.3 Å². The predicted molar refractivity (Wildman–Crippen MR) is 86.8 cm³/mol. The molecule has 0 N–H and O–H groups in total. The first-order valence-electron chi connectivity index (χ1n) is 7.41. The van der Waals surface area contributed by atoms with Gasteiger partial charge in [-0.05, 0) is 17.7 Å². The Kier molecular flexibility index (Phi) is 5.33. The van der Waals surface area contributed by atoms with Crippen LogP contribution in [0.5, 0.6) is 0 Å². The van der Waals surface area contributed by atoms with E-state index in [1.54, 1.807) is 25.3 Å². The molecule has 7 nitrogen and oxygen atoms in total. The number of rotatable bonds is 8. The highest BCUT2D eigenvalue weighted by atomic mass is 35.5. The molecule has 0 amide bonds. The molecular formula is C15H18ClN7. The Bertz CT molecular complexity index is 658. The van der Waals surface area contributed by atoms with Crippen LogP contribution in [0.4, 0.5) is 0 Å². The maximum Gasteiger partial charge on any atom is 0.137 e. The van der Waals surface area contributed by atoms with Gasteiger partial charge in [-0.15, -0.1) is 0 Å². The number of aromatic nitrogens is 6. The number of hydrogen-bond donors (Lipinski definition) is 0. The van der Waals surface area contributed by atoms with Gasteiger partial charge in [-0.25, -0.2) is 9.97 Å². The van der Waals surface area contributed by atoms with Crippen LogP contribution in [0.2, 0.25) is 5.02 Å². The fourth-order valence-electron chi connectivity index (χ4n) is 2.35. The lowest BCUT2D eigenvalue weighted by Crippen LogP contribution is -2.30. The van der Waals surface area contributed by atoms with Gasteiger partial charge in [-0.1, -0.05) is 23.7 Å². The van der Waals surface area contributed by atoms with Crippen molar-refractivity contribution in [1.29, 1.82) is 0 Å². The molecule has 0 atom stereocenters. The Hall–Kier alpha value is -2.25. The highest BCUT2D eigenvalue weighted by Gasteiger charge is 2.08. The second-order valence-electron chi connectivity index (χ2n) is 5.22. The van der Waals surface area contributed by atoms with E-state index >= 15 is 0 Å². The molecule has 0 saturated carbocycles. The molecule has 0 aliphatic heterocycles. The van der Waals surface area contributed by atoms with Gasteiger partial charge < -0.3 is 0 Å². The number of halogens is 1. The summed E-state index contributed by atoms with van der Waals surface area (Å²) in [6, 6.07) is 7.95. The van der Waals surface area contributed by atoms with Crippen molar-refractivity contribution >= 4 is 11.6 Å². The second kappa shape index (κ2) is 7.85. The lowest BCUT2D eigenvalue weighted by atomic mass is 10.2. The largest absolute Gasteiger partial charge is 0.295 e. The summed E-state index contributed by atoms with van der Waals surface area (Å²) in [7, 11) is 0. The Morgan fingerprint density at radius 1 is 0.957 bits per heavy atom. The second-order valence-corrected chi connectivity index (χ2v) is 5.66. The van der Waals surface area contributed by atoms with Gasteiger partial charge in [0.25, 0.3) is 0 Å². The van der Waals surface area contributed by atoms with E-state index in [9.17, 15) is 0 Å². The van der Waals surface area contributed by atoms with Gasteiger partial charge in [0.2, 0.25) is 0 Å². The van der Waals surface area contributed by atoms with Crippen LogP contribution in [0.15, 0.2) is 49.6 Å². The Balaban J connectivity index is 1.61. The molecule has 0 aliphatic rings. The lowest BCUT2D eigenvalue weighted by Gasteiger charge is -2.22. The van der Waals surface area contributed by atoms with Crippen LogP contribution in [0.1, 0.15) is 5.56 Å². The maximum absolute atomic E-state index is 6.08. The summed E-state index contributed by atoms with van der Waals surface area (Å²) < 4.78 is 3.67. The van der Waals surface area contributed by atoms with Crippen molar-refractivity contribution in [2.24, 2.45) is 0 Å². The van der Waals surface area contributed by atoms with Gasteiger partial charge >= 0.3 is 0 Å². The predicted octanol–water partition coefficient (Wildman–Crippen LogP) is 1.73. The standard InChI is InChI=1S/C15H18ClN7/c16-15-3-1-2-14(8-15)9-21(4-6-22-12-17-10-19-22)5-7-23-13-18-11-20-23/h1-3,8,10-13H,4-7,9H2. The third kappa shape index (κ3) is 4.87. The number of hydrogen-bond acceptors (Lipinski definition) is 5. The first-order valence-corrected chi connectivity index (χ1v) is 7.79. The molecule has 1 aromatic carbocycles. The van der Waals surface area contributed by atoms with Crippen molar-refractivity contribution < 1.29 is 0 Å². The van der Waals surface area contributed by atoms with Gasteiger partial charge in [-0.3, -0.25) is 14.3 Å². The molecule has 8 heteroatoms. The van der Waals surface area contributed by atoms with E-state index in [4.69, 9.17) is 11.6 Å². The Morgan fingerprint density at radius 2 is 1.61 bits per heavy atom.